The second-order valence-corrected chi connectivity index (χ2v) is 7.47. The third-order valence-electron chi connectivity index (χ3n) is 4.79. The van der Waals surface area contributed by atoms with Crippen molar-refractivity contribution >= 4 is 15.6 Å². The molecule has 4 aromatic carbocycles. The Kier molecular flexibility index (Phi) is 4.82. The molecule has 0 aliphatic carbocycles. The first-order valence-electron chi connectivity index (χ1n) is 9.10. The number of benzene rings is 4. The normalized spacial score (nSPS) is 10.7. The summed E-state index contributed by atoms with van der Waals surface area (Å²) >= 11 is 0. The minimum Gasteiger partial charge on any atom is -0.301 e. The highest BCUT2D eigenvalue weighted by molar-refractivity contribution is 6.63. The molecule has 0 amide bonds. The number of carbonyl (C=O) groups is 1. The van der Waals surface area contributed by atoms with Gasteiger partial charge in [0.2, 0.25) is 0 Å². The molecule has 0 unspecified atom stereocenters. The summed E-state index contributed by atoms with van der Waals surface area (Å²) in [4.78, 5) is 12.5. The van der Waals surface area contributed by atoms with Crippen molar-refractivity contribution in [3.63, 3.8) is 0 Å². The zero-order valence-corrected chi connectivity index (χ0v) is 17.2. The van der Waals surface area contributed by atoms with Gasteiger partial charge in [-0.3, -0.25) is 0 Å². The molecule has 130 valence electrons. The Morgan fingerprint density at radius 2 is 0.963 bits per heavy atom. The molecular formula is C25H20OSi. The van der Waals surface area contributed by atoms with Gasteiger partial charge in [-0.15, -0.1) is 0 Å². The summed E-state index contributed by atoms with van der Waals surface area (Å²) in [5.41, 5.74) is 7.46. The van der Waals surface area contributed by atoms with Crippen LogP contribution >= 0.6 is 0 Å². The maximum atomic E-state index is 12.5. The highest BCUT2D eigenvalue weighted by Crippen LogP contribution is 2.42. The molecule has 0 heterocycles. The molecule has 0 aliphatic heterocycles. The number of hydrogen-bond donors (Lipinski definition) is 0. The molecule has 0 saturated carbocycles. The van der Waals surface area contributed by atoms with Crippen molar-refractivity contribution in [3.05, 3.63) is 109 Å². The lowest BCUT2D eigenvalue weighted by Crippen LogP contribution is -2.03. The fourth-order valence-electron chi connectivity index (χ4n) is 3.56. The standard InChI is InChI=1S/C25H20OSi/c26-25(27)22-17-16-21(18-10-4-1-5-11-18)23(19-12-6-2-7-13-19)24(22)20-14-8-3-9-15-20/h1-17H,27H3. The summed E-state index contributed by atoms with van der Waals surface area (Å²) in [7, 11) is 0.496. The van der Waals surface area contributed by atoms with Gasteiger partial charge in [-0.2, -0.15) is 0 Å². The van der Waals surface area contributed by atoms with Gasteiger partial charge in [0.1, 0.15) is 5.41 Å². The van der Waals surface area contributed by atoms with E-state index in [0.717, 1.165) is 38.9 Å². The van der Waals surface area contributed by atoms with Crippen LogP contribution in [0.2, 0.25) is 0 Å². The predicted octanol–water partition coefficient (Wildman–Crippen LogP) is 5.19. The zero-order chi connectivity index (χ0) is 18.6. The number of carbonyl (C=O) groups excluding carboxylic acids is 1. The molecule has 0 atom stereocenters. The first kappa shape index (κ1) is 17.2. The molecule has 4 rings (SSSR count). The van der Waals surface area contributed by atoms with Gasteiger partial charge in [0, 0.05) is 11.1 Å². The molecule has 1 nitrogen and oxygen atoms in total. The summed E-state index contributed by atoms with van der Waals surface area (Å²) in [6.07, 6.45) is 0. The van der Waals surface area contributed by atoms with Crippen molar-refractivity contribution in [2.24, 2.45) is 0 Å². The fraction of sp³-hybridized carbons (Fsp3) is 0. The second-order valence-electron chi connectivity index (χ2n) is 6.56. The zero-order valence-electron chi connectivity index (χ0n) is 15.2. The SMILES string of the molecule is O=C([SiH3])c1ccc(-c2ccccc2)c(-c2ccccc2)c1-c1ccccc1. The van der Waals surface area contributed by atoms with Crippen LogP contribution in [-0.4, -0.2) is 15.6 Å². The summed E-state index contributed by atoms with van der Waals surface area (Å²) in [5, 5.41) is 0.214. The molecule has 0 radical (unpaired) electrons. The van der Waals surface area contributed by atoms with Gasteiger partial charge >= 0.3 is 0 Å². The van der Waals surface area contributed by atoms with Crippen LogP contribution in [0.1, 0.15) is 10.4 Å². The molecular weight excluding hydrogens is 344 g/mol. The Morgan fingerprint density at radius 3 is 1.44 bits per heavy atom. The van der Waals surface area contributed by atoms with E-state index in [1.54, 1.807) is 0 Å². The van der Waals surface area contributed by atoms with E-state index in [0.29, 0.717) is 10.2 Å². The first-order chi connectivity index (χ1) is 13.3. The van der Waals surface area contributed by atoms with E-state index in [-0.39, 0.29) is 5.41 Å². The molecule has 0 fully saturated rings. The van der Waals surface area contributed by atoms with E-state index in [2.05, 4.69) is 54.6 Å². The van der Waals surface area contributed by atoms with Gasteiger partial charge in [-0.1, -0.05) is 103 Å². The van der Waals surface area contributed by atoms with Gasteiger partial charge < -0.3 is 4.79 Å². The van der Waals surface area contributed by atoms with Crippen molar-refractivity contribution < 1.29 is 4.79 Å². The summed E-state index contributed by atoms with van der Waals surface area (Å²) in [6.45, 7) is 0. The largest absolute Gasteiger partial charge is 0.301 e. The summed E-state index contributed by atoms with van der Waals surface area (Å²) in [6, 6.07) is 35.1. The van der Waals surface area contributed by atoms with Crippen LogP contribution in [0.25, 0.3) is 33.4 Å². The van der Waals surface area contributed by atoms with Gasteiger partial charge in [-0.25, -0.2) is 0 Å². The molecule has 2 heteroatoms. The third kappa shape index (κ3) is 3.40. The van der Waals surface area contributed by atoms with Crippen LogP contribution < -0.4 is 0 Å². The van der Waals surface area contributed by atoms with Gasteiger partial charge in [-0.05, 0) is 27.8 Å². The van der Waals surface area contributed by atoms with Gasteiger partial charge in [0.15, 0.2) is 0 Å². The summed E-state index contributed by atoms with van der Waals surface area (Å²) in [5.74, 6) is 0. The quantitative estimate of drug-likeness (QED) is 0.455. The Morgan fingerprint density at radius 1 is 0.519 bits per heavy atom. The van der Waals surface area contributed by atoms with Crippen molar-refractivity contribution in [1.29, 1.82) is 0 Å². The van der Waals surface area contributed by atoms with Crippen molar-refractivity contribution in [2.75, 3.05) is 0 Å². The average Bonchev–Trinajstić information content (AvgIpc) is 2.74. The lowest BCUT2D eigenvalue weighted by molar-refractivity contribution is 0.108. The van der Waals surface area contributed by atoms with Crippen LogP contribution in [0.15, 0.2) is 103 Å². The van der Waals surface area contributed by atoms with Gasteiger partial charge in [0.05, 0.1) is 10.2 Å². The topological polar surface area (TPSA) is 17.1 Å². The van der Waals surface area contributed by atoms with Crippen LogP contribution in [0.5, 0.6) is 0 Å². The maximum Gasteiger partial charge on any atom is 0.129 e. The number of hydrogen-bond acceptors (Lipinski definition) is 1. The Labute approximate surface area is 162 Å². The predicted molar refractivity (Wildman–Crippen MR) is 117 cm³/mol. The smallest absolute Gasteiger partial charge is 0.129 e. The Balaban J connectivity index is 2.13. The third-order valence-corrected chi connectivity index (χ3v) is 5.33. The number of rotatable bonds is 4. The monoisotopic (exact) mass is 364 g/mol. The molecule has 0 spiro atoms. The van der Waals surface area contributed by atoms with E-state index < -0.39 is 0 Å². The van der Waals surface area contributed by atoms with Crippen LogP contribution in [0.4, 0.5) is 0 Å². The van der Waals surface area contributed by atoms with Crippen LogP contribution in [0.3, 0.4) is 0 Å². The van der Waals surface area contributed by atoms with Crippen molar-refractivity contribution in [2.45, 2.75) is 0 Å². The van der Waals surface area contributed by atoms with E-state index in [1.165, 1.54) is 0 Å². The molecule has 0 aromatic heterocycles. The van der Waals surface area contributed by atoms with Gasteiger partial charge in [0.25, 0.3) is 0 Å². The molecule has 4 aromatic rings. The van der Waals surface area contributed by atoms with Crippen molar-refractivity contribution in [3.8, 4) is 33.4 Å². The minimum absolute atomic E-state index is 0.214. The lowest BCUT2D eigenvalue weighted by Gasteiger charge is -2.19. The molecule has 0 saturated heterocycles. The Hall–Kier alpha value is -3.23. The van der Waals surface area contributed by atoms with E-state index in [4.69, 9.17) is 0 Å². The highest BCUT2D eigenvalue weighted by Gasteiger charge is 2.19. The minimum atomic E-state index is 0.214. The van der Waals surface area contributed by atoms with E-state index >= 15 is 0 Å². The lowest BCUT2D eigenvalue weighted by atomic mass is 9.85. The maximum absolute atomic E-state index is 12.5. The van der Waals surface area contributed by atoms with Crippen molar-refractivity contribution in [1.82, 2.24) is 0 Å². The summed E-state index contributed by atoms with van der Waals surface area (Å²) < 4.78 is 0. The van der Waals surface area contributed by atoms with Crippen LogP contribution in [0, 0.1) is 0 Å². The Bertz CT molecular complexity index is 1070. The fourth-order valence-corrected chi connectivity index (χ4v) is 3.98. The van der Waals surface area contributed by atoms with E-state index in [1.807, 2.05) is 48.5 Å². The molecule has 0 aliphatic rings. The molecule has 27 heavy (non-hydrogen) atoms. The average molecular weight is 365 g/mol. The second kappa shape index (κ2) is 7.56. The molecule has 0 bridgehead atoms. The van der Waals surface area contributed by atoms with E-state index in [9.17, 15) is 4.79 Å². The highest BCUT2D eigenvalue weighted by atomic mass is 28.1. The first-order valence-corrected chi connectivity index (χ1v) is 10.1. The molecule has 0 N–H and O–H groups in total. The van der Waals surface area contributed by atoms with Crippen LogP contribution in [-0.2, 0) is 0 Å².